The van der Waals surface area contributed by atoms with E-state index in [1.54, 1.807) is 0 Å². The van der Waals surface area contributed by atoms with Gasteiger partial charge in [-0.2, -0.15) is 0 Å². The lowest BCUT2D eigenvalue weighted by Crippen LogP contribution is -1.97. The number of aryl methyl sites for hydroxylation is 1. The summed E-state index contributed by atoms with van der Waals surface area (Å²) in [5.41, 5.74) is 4.25. The lowest BCUT2D eigenvalue weighted by atomic mass is 10.1. The number of aromatic nitrogens is 2. The predicted molar refractivity (Wildman–Crippen MR) is 82.1 cm³/mol. The Hall–Kier alpha value is -2.29. The van der Waals surface area contributed by atoms with Gasteiger partial charge in [0.05, 0.1) is 23.2 Å². The highest BCUT2D eigenvalue weighted by Crippen LogP contribution is 2.30. The van der Waals surface area contributed by atoms with Crippen molar-refractivity contribution in [1.29, 1.82) is 0 Å². The van der Waals surface area contributed by atoms with Crippen LogP contribution in [0.3, 0.4) is 0 Å². The SMILES string of the molecule is CCCOc1ccc(C)cc1-c1nc2ccccc2[nH]1. The molecule has 1 aromatic heterocycles. The van der Waals surface area contributed by atoms with E-state index in [0.29, 0.717) is 0 Å². The maximum Gasteiger partial charge on any atom is 0.142 e. The van der Waals surface area contributed by atoms with Crippen LogP contribution in [0.15, 0.2) is 42.5 Å². The number of hydrogen-bond donors (Lipinski definition) is 1. The second-order valence-electron chi connectivity index (χ2n) is 4.95. The topological polar surface area (TPSA) is 37.9 Å². The summed E-state index contributed by atoms with van der Waals surface area (Å²) in [6, 6.07) is 14.3. The number of nitrogens with zero attached hydrogens (tertiary/aromatic N) is 1. The zero-order chi connectivity index (χ0) is 13.9. The average Bonchev–Trinajstić information content (AvgIpc) is 2.89. The van der Waals surface area contributed by atoms with E-state index in [4.69, 9.17) is 4.74 Å². The number of benzene rings is 2. The third kappa shape index (κ3) is 2.39. The number of imidazole rings is 1. The van der Waals surface area contributed by atoms with Crippen LogP contribution in [0, 0.1) is 6.92 Å². The molecule has 3 rings (SSSR count). The minimum Gasteiger partial charge on any atom is -0.493 e. The van der Waals surface area contributed by atoms with E-state index in [0.717, 1.165) is 41.2 Å². The highest BCUT2D eigenvalue weighted by atomic mass is 16.5. The first-order valence-corrected chi connectivity index (χ1v) is 6.96. The molecule has 0 aliphatic rings. The summed E-state index contributed by atoms with van der Waals surface area (Å²) in [5, 5.41) is 0. The monoisotopic (exact) mass is 266 g/mol. The molecule has 0 amide bonds. The van der Waals surface area contributed by atoms with Crippen LogP contribution in [-0.4, -0.2) is 16.6 Å². The molecular weight excluding hydrogens is 248 g/mol. The van der Waals surface area contributed by atoms with Gasteiger partial charge < -0.3 is 9.72 Å². The highest BCUT2D eigenvalue weighted by molar-refractivity contribution is 5.80. The summed E-state index contributed by atoms with van der Waals surface area (Å²) in [6.07, 6.45) is 0.993. The van der Waals surface area contributed by atoms with E-state index in [1.165, 1.54) is 5.56 Å². The third-order valence-corrected chi connectivity index (χ3v) is 3.24. The van der Waals surface area contributed by atoms with Crippen molar-refractivity contribution >= 4 is 11.0 Å². The summed E-state index contributed by atoms with van der Waals surface area (Å²) in [4.78, 5) is 8.02. The van der Waals surface area contributed by atoms with Crippen molar-refractivity contribution in [3.8, 4) is 17.1 Å². The number of fused-ring (bicyclic) bond motifs is 1. The number of rotatable bonds is 4. The molecule has 0 atom stereocenters. The quantitative estimate of drug-likeness (QED) is 0.763. The lowest BCUT2D eigenvalue weighted by molar-refractivity contribution is 0.318. The van der Waals surface area contributed by atoms with E-state index in [-0.39, 0.29) is 0 Å². The van der Waals surface area contributed by atoms with E-state index in [9.17, 15) is 0 Å². The molecule has 3 aromatic rings. The molecule has 0 fully saturated rings. The molecule has 3 heteroatoms. The zero-order valence-corrected chi connectivity index (χ0v) is 11.8. The van der Waals surface area contributed by atoms with Crippen LogP contribution >= 0.6 is 0 Å². The van der Waals surface area contributed by atoms with E-state index < -0.39 is 0 Å². The fourth-order valence-corrected chi connectivity index (χ4v) is 2.25. The van der Waals surface area contributed by atoms with Crippen LogP contribution in [0.1, 0.15) is 18.9 Å². The number of ether oxygens (including phenoxy) is 1. The Morgan fingerprint density at radius 1 is 1.15 bits per heavy atom. The molecule has 0 aliphatic heterocycles. The molecule has 3 nitrogen and oxygen atoms in total. The van der Waals surface area contributed by atoms with Crippen molar-refractivity contribution in [2.75, 3.05) is 6.61 Å². The van der Waals surface area contributed by atoms with Gasteiger partial charge in [-0.15, -0.1) is 0 Å². The van der Waals surface area contributed by atoms with E-state index >= 15 is 0 Å². The molecule has 0 spiro atoms. The summed E-state index contributed by atoms with van der Waals surface area (Å²) >= 11 is 0. The molecule has 0 radical (unpaired) electrons. The van der Waals surface area contributed by atoms with Gasteiger partial charge in [0.1, 0.15) is 11.6 Å². The Labute approximate surface area is 118 Å². The molecule has 0 bridgehead atoms. The fraction of sp³-hybridized carbons (Fsp3) is 0.235. The molecule has 0 saturated heterocycles. The van der Waals surface area contributed by atoms with Gasteiger partial charge >= 0.3 is 0 Å². The van der Waals surface area contributed by atoms with Crippen LogP contribution in [0.5, 0.6) is 5.75 Å². The standard InChI is InChI=1S/C17H18N2O/c1-3-10-20-16-9-8-12(2)11-13(16)17-18-14-6-4-5-7-15(14)19-17/h4-9,11H,3,10H2,1-2H3,(H,18,19). The van der Waals surface area contributed by atoms with Gasteiger partial charge in [-0.25, -0.2) is 4.98 Å². The summed E-state index contributed by atoms with van der Waals surface area (Å²) < 4.78 is 5.83. The second-order valence-corrected chi connectivity index (χ2v) is 4.95. The molecular formula is C17H18N2O. The van der Waals surface area contributed by atoms with Crippen LogP contribution in [0.4, 0.5) is 0 Å². The fourth-order valence-electron chi connectivity index (χ4n) is 2.25. The summed E-state index contributed by atoms with van der Waals surface area (Å²) in [6.45, 7) is 4.90. The number of para-hydroxylation sites is 2. The molecule has 20 heavy (non-hydrogen) atoms. The molecule has 0 aliphatic carbocycles. The van der Waals surface area contributed by atoms with Crippen molar-refractivity contribution in [3.63, 3.8) is 0 Å². The Kier molecular flexibility index (Phi) is 3.42. The minimum atomic E-state index is 0.719. The van der Waals surface area contributed by atoms with Gasteiger partial charge in [0, 0.05) is 0 Å². The molecule has 102 valence electrons. The van der Waals surface area contributed by atoms with Gasteiger partial charge in [-0.1, -0.05) is 30.7 Å². The Morgan fingerprint density at radius 2 is 2.00 bits per heavy atom. The average molecular weight is 266 g/mol. The molecule has 2 aromatic carbocycles. The molecule has 1 N–H and O–H groups in total. The third-order valence-electron chi connectivity index (χ3n) is 3.24. The minimum absolute atomic E-state index is 0.719. The number of hydrogen-bond acceptors (Lipinski definition) is 2. The van der Waals surface area contributed by atoms with Gasteiger partial charge in [-0.05, 0) is 37.6 Å². The predicted octanol–water partition coefficient (Wildman–Crippen LogP) is 4.33. The Morgan fingerprint density at radius 3 is 2.80 bits per heavy atom. The van der Waals surface area contributed by atoms with Gasteiger partial charge in [-0.3, -0.25) is 0 Å². The van der Waals surface area contributed by atoms with Crippen molar-refractivity contribution < 1.29 is 4.74 Å². The number of nitrogens with one attached hydrogen (secondary N) is 1. The van der Waals surface area contributed by atoms with E-state index in [2.05, 4.69) is 35.9 Å². The van der Waals surface area contributed by atoms with Gasteiger partial charge in [0.2, 0.25) is 0 Å². The zero-order valence-electron chi connectivity index (χ0n) is 11.8. The van der Waals surface area contributed by atoms with Crippen LogP contribution in [0.25, 0.3) is 22.4 Å². The lowest BCUT2D eigenvalue weighted by Gasteiger charge is -2.10. The summed E-state index contributed by atoms with van der Waals surface area (Å²) in [7, 11) is 0. The van der Waals surface area contributed by atoms with Crippen LogP contribution in [0.2, 0.25) is 0 Å². The van der Waals surface area contributed by atoms with Crippen molar-refractivity contribution in [3.05, 3.63) is 48.0 Å². The van der Waals surface area contributed by atoms with Crippen LogP contribution < -0.4 is 4.74 Å². The molecule has 0 unspecified atom stereocenters. The normalized spacial score (nSPS) is 10.9. The summed E-state index contributed by atoms with van der Waals surface area (Å²) in [5.74, 6) is 1.75. The Bertz CT molecular complexity index is 698. The van der Waals surface area contributed by atoms with Crippen molar-refractivity contribution in [2.45, 2.75) is 20.3 Å². The van der Waals surface area contributed by atoms with Gasteiger partial charge in [0.25, 0.3) is 0 Å². The molecule has 1 heterocycles. The Balaban J connectivity index is 2.09. The smallest absolute Gasteiger partial charge is 0.142 e. The van der Waals surface area contributed by atoms with Crippen molar-refractivity contribution in [1.82, 2.24) is 9.97 Å². The maximum atomic E-state index is 5.83. The number of H-pyrrole nitrogens is 1. The molecule has 0 saturated carbocycles. The first-order chi connectivity index (χ1) is 9.78. The first kappa shape index (κ1) is 12.7. The largest absolute Gasteiger partial charge is 0.493 e. The van der Waals surface area contributed by atoms with E-state index in [1.807, 2.05) is 30.3 Å². The first-order valence-electron chi connectivity index (χ1n) is 6.96. The number of aromatic amines is 1. The van der Waals surface area contributed by atoms with Crippen molar-refractivity contribution in [2.24, 2.45) is 0 Å². The van der Waals surface area contributed by atoms with Crippen LogP contribution in [-0.2, 0) is 0 Å². The second kappa shape index (κ2) is 5.37. The maximum absolute atomic E-state index is 5.83. The van der Waals surface area contributed by atoms with Gasteiger partial charge in [0.15, 0.2) is 0 Å². The highest BCUT2D eigenvalue weighted by Gasteiger charge is 2.11.